The van der Waals surface area contributed by atoms with Crippen LogP contribution < -0.4 is 17.0 Å². The number of esters is 2. The summed E-state index contributed by atoms with van der Waals surface area (Å²) in [5.74, 6) is -3.94. The zero-order valence-electron chi connectivity index (χ0n) is 21.4. The van der Waals surface area contributed by atoms with Crippen molar-refractivity contribution < 1.29 is 57.2 Å². The normalized spacial score (nSPS) is 12.1. The molecule has 2 aromatic heterocycles. The number of rotatable bonds is 11. The largest absolute Gasteiger partial charge is 0.519 e. The van der Waals surface area contributed by atoms with Gasteiger partial charge < -0.3 is 41.9 Å². The van der Waals surface area contributed by atoms with Gasteiger partial charge in [-0.25, -0.2) is 24.0 Å². The summed E-state index contributed by atoms with van der Waals surface area (Å²) < 4.78 is 37.3. The van der Waals surface area contributed by atoms with E-state index in [0.717, 1.165) is 0 Å². The van der Waals surface area contributed by atoms with Gasteiger partial charge in [-0.05, 0) is 39.5 Å². The van der Waals surface area contributed by atoms with Gasteiger partial charge >= 0.3 is 35.0 Å². The Balaban J connectivity index is 0.00000760. The van der Waals surface area contributed by atoms with Crippen LogP contribution in [0.4, 0.5) is 9.59 Å². The first-order chi connectivity index (χ1) is 17.7. The van der Waals surface area contributed by atoms with Crippen molar-refractivity contribution in [3.63, 3.8) is 0 Å². The second-order valence-corrected chi connectivity index (χ2v) is 10.1. The highest BCUT2D eigenvalue weighted by Crippen LogP contribution is 2.31. The fraction of sp³-hybridized carbons (Fsp3) is 0.545. The van der Waals surface area contributed by atoms with Crippen LogP contribution in [0, 0.1) is 19.8 Å². The summed E-state index contributed by atoms with van der Waals surface area (Å²) in [6.45, 7) is 7.21. The average Bonchev–Trinajstić information content (AvgIpc) is 3.31. The third-order valence-corrected chi connectivity index (χ3v) is 5.79. The fourth-order valence-corrected chi connectivity index (χ4v) is 3.46. The van der Waals surface area contributed by atoms with E-state index in [4.69, 9.17) is 32.2 Å². The third-order valence-electron chi connectivity index (χ3n) is 4.74. The number of amides is 1. The molecule has 1 N–H and O–H groups in total. The summed E-state index contributed by atoms with van der Waals surface area (Å²) in [5.41, 5.74) is 0. The van der Waals surface area contributed by atoms with E-state index in [1.165, 1.54) is 27.7 Å². The Labute approximate surface area is 220 Å². The topological polar surface area (TPSA) is 204 Å². The first kappa shape index (κ1) is 30.3. The van der Waals surface area contributed by atoms with Crippen molar-refractivity contribution in [3.05, 3.63) is 44.3 Å². The molecule has 1 atom stereocenters. The number of thioether (sulfide) groups is 1. The van der Waals surface area contributed by atoms with E-state index in [1.54, 1.807) is 13.8 Å². The SMILES string of the molecule is Cc1oc(=O)oc1COC(=O)SC(C)(C)[C@@H](NC(=O)OCOC(=O)C(C)C)C(=O)OCc1oc(=O)oc1C.[HH]. The van der Waals surface area contributed by atoms with Crippen molar-refractivity contribution in [2.75, 3.05) is 6.79 Å². The number of carbonyl (C=O) groups is 4. The van der Waals surface area contributed by atoms with E-state index in [-0.39, 0.29) is 24.5 Å². The number of hydrogen-bond acceptors (Lipinski definition) is 15. The minimum atomic E-state index is -1.53. The highest BCUT2D eigenvalue weighted by Gasteiger charge is 2.41. The highest BCUT2D eigenvalue weighted by molar-refractivity contribution is 8.14. The van der Waals surface area contributed by atoms with Gasteiger partial charge in [0.05, 0.1) is 10.7 Å². The van der Waals surface area contributed by atoms with Crippen LogP contribution in [0.3, 0.4) is 0 Å². The lowest BCUT2D eigenvalue weighted by Crippen LogP contribution is -2.53. The number of nitrogens with one attached hydrogen (secondary N) is 1. The van der Waals surface area contributed by atoms with Crippen molar-refractivity contribution in [2.24, 2.45) is 5.92 Å². The molecule has 2 aromatic rings. The smallest absolute Gasteiger partial charge is 0.456 e. The number of aryl methyl sites for hydroxylation is 2. The van der Waals surface area contributed by atoms with Gasteiger partial charge in [-0.1, -0.05) is 13.8 Å². The first-order valence-corrected chi connectivity index (χ1v) is 11.8. The van der Waals surface area contributed by atoms with Gasteiger partial charge in [-0.3, -0.25) is 4.79 Å². The molecular formula is C22H29NO14S. The van der Waals surface area contributed by atoms with Gasteiger partial charge in [0.1, 0.15) is 6.04 Å². The summed E-state index contributed by atoms with van der Waals surface area (Å²) in [7, 11) is 0. The molecule has 2 heterocycles. The number of carbonyl (C=O) groups excluding carboxylic acids is 4. The van der Waals surface area contributed by atoms with Gasteiger partial charge in [0, 0.05) is 1.43 Å². The molecule has 15 nitrogen and oxygen atoms in total. The molecule has 0 aromatic carbocycles. The maximum absolute atomic E-state index is 12.9. The molecule has 0 saturated carbocycles. The second kappa shape index (κ2) is 13.0. The molecule has 16 heteroatoms. The standard InChI is InChI=1S/C22H27NO14S.H2/c1-10(2)16(24)32-9-33-18(26)23-15(17(25)30-7-13-11(3)34-19(27)36-13)22(5,6)38-21(29)31-8-14-12(4)35-20(28)37-14;/h10,15H,7-9H2,1-6H3,(H,23,26);1H/t15-;/m0./s1. The van der Waals surface area contributed by atoms with Crippen molar-refractivity contribution in [1.29, 1.82) is 0 Å². The zero-order chi connectivity index (χ0) is 28.6. The van der Waals surface area contributed by atoms with Crippen LogP contribution in [0.15, 0.2) is 27.3 Å². The van der Waals surface area contributed by atoms with E-state index in [9.17, 15) is 28.8 Å². The summed E-state index contributed by atoms with van der Waals surface area (Å²) in [4.78, 5) is 71.7. The molecule has 0 bridgehead atoms. The van der Waals surface area contributed by atoms with Crippen LogP contribution in [0.25, 0.3) is 0 Å². The van der Waals surface area contributed by atoms with E-state index in [0.29, 0.717) is 11.8 Å². The van der Waals surface area contributed by atoms with Crippen molar-refractivity contribution in [1.82, 2.24) is 5.32 Å². The van der Waals surface area contributed by atoms with Crippen LogP contribution in [-0.2, 0) is 41.8 Å². The lowest BCUT2D eigenvalue weighted by atomic mass is 10.0. The molecule has 0 fully saturated rings. The molecule has 0 spiro atoms. The zero-order valence-corrected chi connectivity index (χ0v) is 22.2. The molecule has 38 heavy (non-hydrogen) atoms. The molecule has 0 saturated heterocycles. The van der Waals surface area contributed by atoms with Crippen LogP contribution in [-0.4, -0.2) is 40.9 Å². The lowest BCUT2D eigenvalue weighted by Gasteiger charge is -2.31. The van der Waals surface area contributed by atoms with Gasteiger partial charge in [0.15, 0.2) is 36.3 Å². The quantitative estimate of drug-likeness (QED) is 0.237. The Morgan fingerprint density at radius 1 is 0.842 bits per heavy atom. The molecule has 0 aliphatic carbocycles. The van der Waals surface area contributed by atoms with Crippen LogP contribution in [0.2, 0.25) is 0 Å². The fourth-order valence-electron chi connectivity index (χ4n) is 2.64. The van der Waals surface area contributed by atoms with Crippen molar-refractivity contribution in [3.8, 4) is 0 Å². The van der Waals surface area contributed by atoms with Crippen LogP contribution in [0.5, 0.6) is 0 Å². The van der Waals surface area contributed by atoms with E-state index < -0.39 is 71.7 Å². The maximum atomic E-state index is 12.9. The Hall–Kier alpha value is -3.95. The highest BCUT2D eigenvalue weighted by atomic mass is 32.2. The second-order valence-electron chi connectivity index (χ2n) is 8.46. The maximum Gasteiger partial charge on any atom is 0.519 e. The molecule has 212 valence electrons. The summed E-state index contributed by atoms with van der Waals surface area (Å²) in [6.07, 6.45) is -1.16. The minimum absolute atomic E-state index is 0. The summed E-state index contributed by atoms with van der Waals surface area (Å²) in [5, 5.41) is 1.37. The van der Waals surface area contributed by atoms with Gasteiger partial charge in [-0.15, -0.1) is 0 Å². The van der Waals surface area contributed by atoms with Gasteiger partial charge in [0.25, 0.3) is 0 Å². The Bertz CT molecular complexity index is 1270. The van der Waals surface area contributed by atoms with E-state index >= 15 is 0 Å². The number of hydrogen-bond donors (Lipinski definition) is 1. The Morgan fingerprint density at radius 3 is 1.84 bits per heavy atom. The Kier molecular flexibility index (Phi) is 10.4. The predicted molar refractivity (Wildman–Crippen MR) is 127 cm³/mol. The molecule has 0 unspecified atom stereocenters. The Morgan fingerprint density at radius 2 is 1.37 bits per heavy atom. The van der Waals surface area contributed by atoms with Crippen molar-refractivity contribution in [2.45, 2.75) is 65.5 Å². The molecule has 0 aliphatic heterocycles. The monoisotopic (exact) mass is 563 g/mol. The molecule has 0 radical (unpaired) electrons. The first-order valence-electron chi connectivity index (χ1n) is 11.0. The summed E-state index contributed by atoms with van der Waals surface area (Å²) >= 11 is 0.514. The minimum Gasteiger partial charge on any atom is -0.456 e. The van der Waals surface area contributed by atoms with E-state index in [2.05, 4.69) is 9.73 Å². The molecule has 2 rings (SSSR count). The molecular weight excluding hydrogens is 534 g/mol. The van der Waals surface area contributed by atoms with Crippen LogP contribution >= 0.6 is 11.8 Å². The average molecular weight is 564 g/mol. The number of alkyl carbamates (subject to hydrolysis) is 1. The predicted octanol–water partition coefficient (Wildman–Crippen LogP) is 2.79. The summed E-state index contributed by atoms with van der Waals surface area (Å²) in [6, 6.07) is -1.53. The lowest BCUT2D eigenvalue weighted by molar-refractivity contribution is -0.156. The van der Waals surface area contributed by atoms with E-state index in [1.807, 2.05) is 0 Å². The molecule has 1 amide bonds. The van der Waals surface area contributed by atoms with Gasteiger partial charge in [-0.2, -0.15) is 0 Å². The third kappa shape index (κ3) is 8.86. The molecule has 0 aliphatic rings. The van der Waals surface area contributed by atoms with Gasteiger partial charge in [0.2, 0.25) is 6.79 Å². The number of ether oxygens (including phenoxy) is 4. The van der Waals surface area contributed by atoms with Crippen LogP contribution in [0.1, 0.15) is 52.2 Å². The van der Waals surface area contributed by atoms with Crippen molar-refractivity contribution >= 4 is 35.1 Å².